The lowest BCUT2D eigenvalue weighted by Gasteiger charge is -2.13. The Morgan fingerprint density at radius 3 is 2.67 bits per heavy atom. The van der Waals surface area contributed by atoms with Gasteiger partial charge in [0, 0.05) is 5.69 Å². The summed E-state index contributed by atoms with van der Waals surface area (Å²) in [7, 11) is 1.58. The average Bonchev–Trinajstić information content (AvgIpc) is 2.58. The highest BCUT2D eigenvalue weighted by Crippen LogP contribution is 2.28. The van der Waals surface area contributed by atoms with Gasteiger partial charge in [0.15, 0.2) is 18.1 Å². The Morgan fingerprint density at radius 2 is 1.96 bits per heavy atom. The summed E-state index contributed by atoms with van der Waals surface area (Å²) in [6.07, 6.45) is 3.92. The molecule has 0 spiro atoms. The van der Waals surface area contributed by atoms with Crippen LogP contribution in [-0.2, 0) is 4.79 Å². The van der Waals surface area contributed by atoms with E-state index in [9.17, 15) is 4.79 Å². The summed E-state index contributed by atoms with van der Waals surface area (Å²) in [6.45, 7) is 5.87. The van der Waals surface area contributed by atoms with Crippen LogP contribution in [-0.4, -0.2) is 19.6 Å². The van der Waals surface area contributed by atoms with Crippen molar-refractivity contribution in [2.75, 3.05) is 19.0 Å². The number of carbonyl (C=O) groups excluding carboxylic acids is 1. The molecule has 1 N–H and O–H groups in total. The number of carbonyl (C=O) groups is 1. The van der Waals surface area contributed by atoms with E-state index in [2.05, 4.69) is 5.32 Å². The molecule has 1 amide bonds. The van der Waals surface area contributed by atoms with Crippen molar-refractivity contribution in [3.63, 3.8) is 0 Å². The zero-order chi connectivity index (χ0) is 17.5. The standard InChI is InChI=1S/C20H23NO3/c1-5-7-16-10-11-18(19(12-16)23-4)24-13-20(22)21-17-9-6-8-14(2)15(17)3/h5-12H,13H2,1-4H3,(H,21,22)/b7-5-. The first-order valence-electron chi connectivity index (χ1n) is 7.84. The van der Waals surface area contributed by atoms with Crippen LogP contribution in [0.3, 0.4) is 0 Å². The molecule has 0 fully saturated rings. The van der Waals surface area contributed by atoms with Gasteiger partial charge in [-0.25, -0.2) is 0 Å². The van der Waals surface area contributed by atoms with Crippen LogP contribution < -0.4 is 14.8 Å². The van der Waals surface area contributed by atoms with Crippen molar-refractivity contribution in [3.05, 3.63) is 59.2 Å². The van der Waals surface area contributed by atoms with Gasteiger partial charge in [0.25, 0.3) is 5.91 Å². The number of hydrogen-bond donors (Lipinski definition) is 1. The van der Waals surface area contributed by atoms with Gasteiger partial charge < -0.3 is 14.8 Å². The normalized spacial score (nSPS) is 10.7. The molecule has 0 saturated carbocycles. The molecule has 0 atom stereocenters. The van der Waals surface area contributed by atoms with Gasteiger partial charge in [0.05, 0.1) is 7.11 Å². The van der Waals surface area contributed by atoms with E-state index in [0.29, 0.717) is 11.5 Å². The van der Waals surface area contributed by atoms with Crippen molar-refractivity contribution < 1.29 is 14.3 Å². The van der Waals surface area contributed by atoms with Gasteiger partial charge in [-0.05, 0) is 55.7 Å². The Kier molecular flexibility index (Phi) is 6.01. The molecule has 0 aliphatic rings. The van der Waals surface area contributed by atoms with Crippen molar-refractivity contribution in [3.8, 4) is 11.5 Å². The van der Waals surface area contributed by atoms with Crippen LogP contribution in [0, 0.1) is 13.8 Å². The van der Waals surface area contributed by atoms with Crippen molar-refractivity contribution in [1.29, 1.82) is 0 Å². The molecule has 2 rings (SSSR count). The number of methoxy groups -OCH3 is 1. The fraction of sp³-hybridized carbons (Fsp3) is 0.250. The summed E-state index contributed by atoms with van der Waals surface area (Å²) < 4.78 is 10.9. The highest BCUT2D eigenvalue weighted by Gasteiger charge is 2.10. The van der Waals surface area contributed by atoms with Crippen molar-refractivity contribution >= 4 is 17.7 Å². The molecule has 0 heterocycles. The molecule has 126 valence electrons. The fourth-order valence-corrected chi connectivity index (χ4v) is 2.32. The highest BCUT2D eigenvalue weighted by atomic mass is 16.5. The first-order valence-corrected chi connectivity index (χ1v) is 7.84. The van der Waals surface area contributed by atoms with Gasteiger partial charge in [0.2, 0.25) is 0 Å². The molecule has 4 nitrogen and oxygen atoms in total. The van der Waals surface area contributed by atoms with E-state index in [0.717, 1.165) is 22.4 Å². The smallest absolute Gasteiger partial charge is 0.262 e. The van der Waals surface area contributed by atoms with E-state index in [1.54, 1.807) is 13.2 Å². The maximum atomic E-state index is 12.1. The van der Waals surface area contributed by atoms with Crippen LogP contribution >= 0.6 is 0 Å². The molecule has 0 radical (unpaired) electrons. The Bertz CT molecular complexity index is 751. The van der Waals surface area contributed by atoms with Crippen molar-refractivity contribution in [1.82, 2.24) is 0 Å². The molecule has 2 aromatic rings. The maximum Gasteiger partial charge on any atom is 0.262 e. The van der Waals surface area contributed by atoms with Gasteiger partial charge >= 0.3 is 0 Å². The SMILES string of the molecule is C/C=C\c1ccc(OCC(=O)Nc2cccc(C)c2C)c(OC)c1. The molecule has 24 heavy (non-hydrogen) atoms. The third-order valence-electron chi connectivity index (χ3n) is 3.78. The summed E-state index contributed by atoms with van der Waals surface area (Å²) in [4.78, 5) is 12.1. The van der Waals surface area contributed by atoms with Crippen LogP contribution in [0.4, 0.5) is 5.69 Å². The van der Waals surface area contributed by atoms with Crippen molar-refractivity contribution in [2.45, 2.75) is 20.8 Å². The average molecular weight is 325 g/mol. The van der Waals surface area contributed by atoms with E-state index < -0.39 is 0 Å². The summed E-state index contributed by atoms with van der Waals surface area (Å²) in [5.41, 5.74) is 4.01. The largest absolute Gasteiger partial charge is 0.493 e. The number of rotatable bonds is 6. The molecule has 0 aliphatic carbocycles. The number of hydrogen-bond acceptors (Lipinski definition) is 3. The maximum absolute atomic E-state index is 12.1. The Hall–Kier alpha value is -2.75. The van der Waals surface area contributed by atoms with Crippen LogP contribution in [0.2, 0.25) is 0 Å². The summed E-state index contributed by atoms with van der Waals surface area (Å²) in [5, 5.41) is 2.87. The molecule has 0 saturated heterocycles. The van der Waals surface area contributed by atoms with Gasteiger partial charge in [-0.1, -0.05) is 30.4 Å². The van der Waals surface area contributed by atoms with Gasteiger partial charge in [-0.2, -0.15) is 0 Å². The van der Waals surface area contributed by atoms with Gasteiger partial charge in [0.1, 0.15) is 0 Å². The lowest BCUT2D eigenvalue weighted by molar-refractivity contribution is -0.118. The minimum absolute atomic E-state index is 0.0767. The van der Waals surface area contributed by atoms with Crippen LogP contribution in [0.5, 0.6) is 11.5 Å². The Morgan fingerprint density at radius 1 is 1.17 bits per heavy atom. The van der Waals surface area contributed by atoms with Gasteiger partial charge in [-0.15, -0.1) is 0 Å². The quantitative estimate of drug-likeness (QED) is 0.858. The molecule has 0 aliphatic heterocycles. The molecule has 2 aromatic carbocycles. The van der Waals surface area contributed by atoms with E-state index in [-0.39, 0.29) is 12.5 Å². The first-order chi connectivity index (χ1) is 11.5. The molecular formula is C20H23NO3. The summed E-state index contributed by atoms with van der Waals surface area (Å²) in [6, 6.07) is 11.4. The second-order valence-electron chi connectivity index (χ2n) is 5.49. The van der Waals surface area contributed by atoms with E-state index in [4.69, 9.17) is 9.47 Å². The zero-order valence-electron chi connectivity index (χ0n) is 14.6. The number of amides is 1. The number of allylic oxidation sites excluding steroid dienone is 1. The second kappa shape index (κ2) is 8.20. The second-order valence-corrected chi connectivity index (χ2v) is 5.49. The molecule has 0 aromatic heterocycles. The van der Waals surface area contributed by atoms with Gasteiger partial charge in [-0.3, -0.25) is 4.79 Å². The van der Waals surface area contributed by atoms with E-state index in [1.807, 2.05) is 63.3 Å². The number of nitrogens with one attached hydrogen (secondary N) is 1. The summed E-state index contributed by atoms with van der Waals surface area (Å²) >= 11 is 0. The number of anilines is 1. The van der Waals surface area contributed by atoms with Crippen LogP contribution in [0.15, 0.2) is 42.5 Å². The molecule has 0 unspecified atom stereocenters. The molecule has 0 bridgehead atoms. The van der Waals surface area contributed by atoms with Crippen molar-refractivity contribution in [2.24, 2.45) is 0 Å². The minimum Gasteiger partial charge on any atom is -0.493 e. The third kappa shape index (κ3) is 4.38. The lowest BCUT2D eigenvalue weighted by Crippen LogP contribution is -2.21. The lowest BCUT2D eigenvalue weighted by atomic mass is 10.1. The molecule has 4 heteroatoms. The number of aryl methyl sites for hydroxylation is 1. The third-order valence-corrected chi connectivity index (χ3v) is 3.78. The summed E-state index contributed by atoms with van der Waals surface area (Å²) in [5.74, 6) is 0.940. The first kappa shape index (κ1) is 17.6. The topological polar surface area (TPSA) is 47.6 Å². The predicted octanol–water partition coefficient (Wildman–Crippen LogP) is 4.36. The van der Waals surface area contributed by atoms with E-state index >= 15 is 0 Å². The zero-order valence-corrected chi connectivity index (χ0v) is 14.6. The molecular weight excluding hydrogens is 302 g/mol. The predicted molar refractivity (Wildman–Crippen MR) is 97.7 cm³/mol. The monoisotopic (exact) mass is 325 g/mol. The highest BCUT2D eigenvalue weighted by molar-refractivity contribution is 5.92. The fourth-order valence-electron chi connectivity index (χ4n) is 2.32. The van der Waals surface area contributed by atoms with E-state index in [1.165, 1.54) is 0 Å². The van der Waals surface area contributed by atoms with Crippen LogP contribution in [0.25, 0.3) is 6.08 Å². The van der Waals surface area contributed by atoms with Crippen LogP contribution in [0.1, 0.15) is 23.6 Å². The number of ether oxygens (including phenoxy) is 2. The Balaban J connectivity index is 2.02. The minimum atomic E-state index is -0.205. The Labute approximate surface area is 143 Å². The number of benzene rings is 2.